The van der Waals surface area contributed by atoms with Crippen LogP contribution < -0.4 is 9.47 Å². The van der Waals surface area contributed by atoms with E-state index in [0.29, 0.717) is 63.0 Å². The van der Waals surface area contributed by atoms with Crippen LogP contribution in [-0.4, -0.2) is 33.7 Å². The lowest BCUT2D eigenvalue weighted by Gasteiger charge is -2.09. The van der Waals surface area contributed by atoms with Gasteiger partial charge in [-0.1, -0.05) is 30.0 Å². The van der Waals surface area contributed by atoms with Gasteiger partial charge in [-0.25, -0.2) is 15.0 Å². The average Bonchev–Trinajstić information content (AvgIpc) is 3.46. The highest BCUT2D eigenvalue weighted by atomic mass is 32.2. The molecule has 5 rings (SSSR count). The van der Waals surface area contributed by atoms with Crippen LogP contribution in [0.5, 0.6) is 11.5 Å². The number of benzene rings is 2. The summed E-state index contributed by atoms with van der Waals surface area (Å²) >= 11 is 1.34. The first-order valence-corrected chi connectivity index (χ1v) is 12.5. The van der Waals surface area contributed by atoms with Crippen molar-refractivity contribution in [1.29, 1.82) is 0 Å². The van der Waals surface area contributed by atoms with Crippen molar-refractivity contribution in [2.75, 3.05) is 14.2 Å². The number of aryl methyl sites for hydroxylation is 1. The monoisotopic (exact) mass is 540 g/mol. The van der Waals surface area contributed by atoms with E-state index in [1.165, 1.54) is 17.8 Å². The van der Waals surface area contributed by atoms with Gasteiger partial charge in [-0.3, -0.25) is 4.57 Å². The van der Waals surface area contributed by atoms with Crippen molar-refractivity contribution in [3.63, 3.8) is 0 Å². The Morgan fingerprint density at radius 1 is 0.974 bits per heavy atom. The van der Waals surface area contributed by atoms with E-state index in [4.69, 9.17) is 18.9 Å². The Morgan fingerprint density at radius 3 is 2.55 bits per heavy atom. The fourth-order valence-corrected chi connectivity index (χ4v) is 4.94. The average molecular weight is 541 g/mol. The normalized spacial score (nSPS) is 11.7. The van der Waals surface area contributed by atoms with E-state index in [0.717, 1.165) is 17.7 Å². The first-order valence-electron chi connectivity index (χ1n) is 11.6. The Bertz CT molecular complexity index is 1600. The van der Waals surface area contributed by atoms with Crippen LogP contribution in [-0.2, 0) is 18.5 Å². The van der Waals surface area contributed by atoms with Gasteiger partial charge in [-0.15, -0.1) is 0 Å². The number of thioether (sulfide) groups is 1. The van der Waals surface area contributed by atoms with Crippen molar-refractivity contribution >= 4 is 22.9 Å². The number of rotatable bonds is 8. The molecule has 0 fully saturated rings. The molecule has 0 saturated carbocycles. The van der Waals surface area contributed by atoms with E-state index in [1.807, 2.05) is 23.6 Å². The summed E-state index contributed by atoms with van der Waals surface area (Å²) < 4.78 is 58.1. The van der Waals surface area contributed by atoms with Gasteiger partial charge in [-0.2, -0.15) is 13.2 Å². The Balaban J connectivity index is 1.45. The fraction of sp³-hybridized carbons (Fsp3) is 0.222. The zero-order chi connectivity index (χ0) is 26.9. The predicted molar refractivity (Wildman–Crippen MR) is 137 cm³/mol. The van der Waals surface area contributed by atoms with Gasteiger partial charge < -0.3 is 13.9 Å². The van der Waals surface area contributed by atoms with Crippen LogP contribution in [0.3, 0.4) is 0 Å². The van der Waals surface area contributed by atoms with Crippen LogP contribution in [0.1, 0.15) is 22.6 Å². The van der Waals surface area contributed by atoms with Gasteiger partial charge in [0, 0.05) is 17.5 Å². The van der Waals surface area contributed by atoms with Crippen LogP contribution in [0, 0.1) is 6.92 Å². The fourth-order valence-electron chi connectivity index (χ4n) is 3.99. The van der Waals surface area contributed by atoms with Crippen LogP contribution in [0.15, 0.2) is 70.4 Å². The van der Waals surface area contributed by atoms with E-state index in [1.54, 1.807) is 44.7 Å². The van der Waals surface area contributed by atoms with Gasteiger partial charge >= 0.3 is 6.18 Å². The highest BCUT2D eigenvalue weighted by Crippen LogP contribution is 2.34. The SMILES string of the molecule is COc1ccc(-c2nc(Cn3c(SCc4cccc(C(F)(F)F)c4)nc4cccnc43)c(C)o2)cc1OC. The molecule has 0 aliphatic heterocycles. The summed E-state index contributed by atoms with van der Waals surface area (Å²) in [7, 11) is 3.13. The van der Waals surface area contributed by atoms with Crippen LogP contribution in [0.4, 0.5) is 13.2 Å². The van der Waals surface area contributed by atoms with Crippen LogP contribution in [0.25, 0.3) is 22.6 Å². The number of hydrogen-bond acceptors (Lipinski definition) is 7. The lowest BCUT2D eigenvalue weighted by Crippen LogP contribution is -2.05. The van der Waals surface area contributed by atoms with E-state index in [9.17, 15) is 13.2 Å². The number of ether oxygens (including phenoxy) is 2. The molecular weight excluding hydrogens is 517 g/mol. The van der Waals surface area contributed by atoms with Crippen molar-refractivity contribution in [1.82, 2.24) is 19.5 Å². The van der Waals surface area contributed by atoms with Gasteiger partial charge in [0.2, 0.25) is 5.89 Å². The second-order valence-corrected chi connectivity index (χ2v) is 9.35. The minimum Gasteiger partial charge on any atom is -0.493 e. The summed E-state index contributed by atoms with van der Waals surface area (Å²) in [5.74, 6) is 2.51. The Hall–Kier alpha value is -3.99. The van der Waals surface area contributed by atoms with E-state index < -0.39 is 11.7 Å². The second kappa shape index (κ2) is 10.4. The zero-order valence-electron chi connectivity index (χ0n) is 20.7. The van der Waals surface area contributed by atoms with Crippen LogP contribution in [0.2, 0.25) is 0 Å². The molecule has 11 heteroatoms. The summed E-state index contributed by atoms with van der Waals surface area (Å²) in [6, 6.07) is 14.4. The highest BCUT2D eigenvalue weighted by molar-refractivity contribution is 7.98. The maximum atomic E-state index is 13.2. The number of alkyl halides is 3. The maximum absolute atomic E-state index is 13.2. The number of oxazole rings is 1. The number of fused-ring (bicyclic) bond motifs is 1. The molecular formula is C27H23F3N4O3S. The maximum Gasteiger partial charge on any atom is 0.416 e. The van der Waals surface area contributed by atoms with Crippen molar-refractivity contribution in [2.24, 2.45) is 0 Å². The number of methoxy groups -OCH3 is 2. The van der Waals surface area contributed by atoms with Crippen LogP contribution >= 0.6 is 11.8 Å². The molecule has 0 amide bonds. The lowest BCUT2D eigenvalue weighted by atomic mass is 10.1. The Morgan fingerprint density at radius 2 is 1.79 bits per heavy atom. The van der Waals surface area contributed by atoms with Gasteiger partial charge in [0.25, 0.3) is 0 Å². The summed E-state index contributed by atoms with van der Waals surface area (Å²) in [6.07, 6.45) is -2.72. The number of halogens is 3. The molecule has 3 heterocycles. The predicted octanol–water partition coefficient (Wildman–Crippen LogP) is 6.77. The largest absolute Gasteiger partial charge is 0.493 e. The van der Waals surface area contributed by atoms with Crippen molar-refractivity contribution in [3.8, 4) is 23.0 Å². The molecule has 7 nitrogen and oxygen atoms in total. The van der Waals surface area contributed by atoms with E-state index in [2.05, 4.69) is 9.97 Å². The zero-order valence-corrected chi connectivity index (χ0v) is 21.6. The molecule has 0 unspecified atom stereocenters. The second-order valence-electron chi connectivity index (χ2n) is 8.41. The molecule has 0 bridgehead atoms. The molecule has 5 aromatic rings. The number of imidazole rings is 1. The van der Waals surface area contributed by atoms with Gasteiger partial charge in [-0.05, 0) is 48.9 Å². The number of nitrogens with zero attached hydrogens (tertiary/aromatic N) is 4. The quantitative estimate of drug-likeness (QED) is 0.201. The number of pyridine rings is 1. The Labute approximate surface area is 220 Å². The molecule has 0 saturated heterocycles. The molecule has 0 spiro atoms. The van der Waals surface area contributed by atoms with Gasteiger partial charge in [0.15, 0.2) is 22.3 Å². The summed E-state index contributed by atoms with van der Waals surface area (Å²) in [5.41, 5.74) is 2.61. The minimum atomic E-state index is -4.40. The van der Waals surface area contributed by atoms with Crippen molar-refractivity contribution in [3.05, 3.63) is 83.4 Å². The molecule has 0 aliphatic carbocycles. The summed E-state index contributed by atoms with van der Waals surface area (Å²) in [5, 5.41) is 0.617. The highest BCUT2D eigenvalue weighted by Gasteiger charge is 2.30. The molecule has 0 aliphatic rings. The molecule has 0 N–H and O–H groups in total. The molecule has 196 valence electrons. The number of hydrogen-bond donors (Lipinski definition) is 0. The molecule has 0 radical (unpaired) electrons. The van der Waals surface area contributed by atoms with Crippen molar-refractivity contribution in [2.45, 2.75) is 30.6 Å². The van der Waals surface area contributed by atoms with Gasteiger partial charge in [0.1, 0.15) is 17.0 Å². The summed E-state index contributed by atoms with van der Waals surface area (Å²) in [6.45, 7) is 2.15. The van der Waals surface area contributed by atoms with E-state index >= 15 is 0 Å². The third kappa shape index (κ3) is 5.19. The molecule has 0 atom stereocenters. The first kappa shape index (κ1) is 25.7. The van der Waals surface area contributed by atoms with Crippen molar-refractivity contribution < 1.29 is 27.1 Å². The third-order valence-corrected chi connectivity index (χ3v) is 6.97. The standard InChI is InChI=1S/C27H23F3N4O3S/c1-16-21(32-25(37-16)18-9-10-22(35-2)23(13-18)36-3)14-34-24-20(8-5-11-31-24)33-26(34)38-15-17-6-4-7-19(12-17)27(28,29)30/h4-13H,14-15H2,1-3H3. The van der Waals surface area contributed by atoms with Gasteiger partial charge in [0.05, 0.1) is 26.3 Å². The molecule has 3 aromatic heterocycles. The Kier molecular flexibility index (Phi) is 7.02. The van der Waals surface area contributed by atoms with E-state index in [-0.39, 0.29) is 0 Å². The molecule has 38 heavy (non-hydrogen) atoms. The third-order valence-electron chi connectivity index (χ3n) is 5.92. The first-order chi connectivity index (χ1) is 18.3. The minimum absolute atomic E-state index is 0.307. The molecule has 2 aromatic carbocycles. The number of aromatic nitrogens is 4. The smallest absolute Gasteiger partial charge is 0.416 e. The topological polar surface area (TPSA) is 75.2 Å². The summed E-state index contributed by atoms with van der Waals surface area (Å²) in [4.78, 5) is 13.9. The lowest BCUT2D eigenvalue weighted by molar-refractivity contribution is -0.137.